The average Bonchev–Trinajstić information content (AvgIpc) is 2.97. The van der Waals surface area contributed by atoms with Crippen molar-refractivity contribution in [3.8, 4) is 0 Å². The Labute approximate surface area is 156 Å². The molecule has 0 aromatic rings. The third-order valence-corrected chi connectivity index (χ3v) is 8.42. The number of hydrogen-bond donors (Lipinski definition) is 0. The van der Waals surface area contributed by atoms with Crippen LogP contribution in [0.2, 0.25) is 0 Å². The van der Waals surface area contributed by atoms with Crippen molar-refractivity contribution in [2.75, 3.05) is 14.2 Å². The molecule has 26 heavy (non-hydrogen) atoms. The van der Waals surface area contributed by atoms with Gasteiger partial charge < -0.3 is 9.47 Å². The van der Waals surface area contributed by atoms with Gasteiger partial charge in [0.25, 0.3) is 0 Å². The number of carbonyl (C=O) groups is 2. The topological polar surface area (TPSA) is 55.6 Å². The Kier molecular flexibility index (Phi) is 2.63. The molecule has 0 N–H and O–H groups in total. The zero-order valence-electron chi connectivity index (χ0n) is 18.1. The normalized spacial score (nSPS) is 50.0. The van der Waals surface area contributed by atoms with E-state index in [4.69, 9.17) is 9.47 Å². The van der Waals surface area contributed by atoms with Gasteiger partial charge in [0.05, 0.1) is 25.3 Å². The monoisotopic (exact) mass is 363 g/mol. The molecule has 5 heteroatoms. The maximum absolute atomic E-state index is 13.4. The Morgan fingerprint density at radius 1 is 0.692 bits per heavy atom. The lowest BCUT2D eigenvalue weighted by molar-refractivity contribution is -0.176. The van der Waals surface area contributed by atoms with Crippen molar-refractivity contribution in [1.82, 2.24) is 4.90 Å². The lowest BCUT2D eigenvalue weighted by Gasteiger charge is -2.59. The number of ether oxygens (including phenoxy) is 2. The molecule has 5 aliphatic rings. The summed E-state index contributed by atoms with van der Waals surface area (Å²) in [5.74, 6) is -0.531. The number of esters is 2. The van der Waals surface area contributed by atoms with Crippen LogP contribution in [-0.4, -0.2) is 47.7 Å². The average molecular weight is 363 g/mol. The van der Waals surface area contributed by atoms with E-state index >= 15 is 0 Å². The van der Waals surface area contributed by atoms with Crippen LogP contribution in [0.25, 0.3) is 0 Å². The smallest absolute Gasteiger partial charge is 0.329 e. The van der Waals surface area contributed by atoms with Gasteiger partial charge in [-0.15, -0.1) is 0 Å². The highest BCUT2D eigenvalue weighted by Crippen LogP contribution is 3.21. The highest BCUT2D eigenvalue weighted by atomic mass is 16.5. The lowest BCUT2D eigenvalue weighted by Crippen LogP contribution is -2.70. The summed E-state index contributed by atoms with van der Waals surface area (Å²) < 4.78 is 10.6. The molecule has 0 aromatic heterocycles. The summed E-state index contributed by atoms with van der Waals surface area (Å²) in [6, 6.07) is 0. The van der Waals surface area contributed by atoms with E-state index in [9.17, 15) is 9.59 Å². The molecule has 3 aliphatic heterocycles. The first-order valence-corrected chi connectivity index (χ1v) is 9.55. The molecule has 3 heterocycles. The molecule has 5 nitrogen and oxygen atoms in total. The SMILES string of the molecule is COC(=O)C12N3C1(C(C)(C)C)C1(C(C)(C)C)C2(C(=O)OC)C31C(C)(C)C. The molecule has 3 saturated heterocycles. The summed E-state index contributed by atoms with van der Waals surface area (Å²) in [4.78, 5) is 28.8. The first-order chi connectivity index (χ1) is 11.6. The molecular weight excluding hydrogens is 330 g/mol. The van der Waals surface area contributed by atoms with Crippen molar-refractivity contribution in [2.45, 2.75) is 78.9 Å². The highest BCUT2D eigenvalue weighted by Gasteiger charge is 3.38. The highest BCUT2D eigenvalue weighted by molar-refractivity contribution is 6.17. The first-order valence-electron chi connectivity index (χ1n) is 9.55. The number of hydrogen-bond acceptors (Lipinski definition) is 5. The molecule has 0 bridgehead atoms. The zero-order valence-corrected chi connectivity index (χ0v) is 18.1. The van der Waals surface area contributed by atoms with Crippen LogP contribution in [-0.2, 0) is 19.1 Å². The molecule has 0 radical (unpaired) electrons. The maximum Gasteiger partial charge on any atom is 0.329 e. The Balaban J connectivity index is 2.09. The van der Waals surface area contributed by atoms with Gasteiger partial charge in [-0.05, 0) is 16.2 Å². The second kappa shape index (κ2) is 3.74. The minimum absolute atomic E-state index is 0.160. The van der Waals surface area contributed by atoms with Gasteiger partial charge in [-0.1, -0.05) is 62.3 Å². The third-order valence-electron chi connectivity index (χ3n) is 8.42. The minimum atomic E-state index is -0.874. The van der Waals surface area contributed by atoms with Crippen LogP contribution in [0, 0.1) is 27.1 Å². The largest absolute Gasteiger partial charge is 0.468 e. The molecule has 0 aromatic carbocycles. The fraction of sp³-hybridized carbons (Fsp3) is 0.905. The standard InChI is InChI=1S/C21H33NO4/c1-14(2,3)19-17(12(23)25-10)18(13(24)26-11)21(19,16(7,8)9)22(18)20(17,19)15(4,5)6/h1-11H3. The molecular formula is C21H33NO4. The van der Waals surface area contributed by atoms with Gasteiger partial charge in [-0.25, -0.2) is 4.79 Å². The van der Waals surface area contributed by atoms with Crippen LogP contribution in [0.1, 0.15) is 62.3 Å². The van der Waals surface area contributed by atoms with Crippen LogP contribution in [0.4, 0.5) is 0 Å². The Morgan fingerprint density at radius 2 is 1.12 bits per heavy atom. The summed E-state index contributed by atoms with van der Waals surface area (Å²) in [7, 11) is 2.87. The van der Waals surface area contributed by atoms with Crippen LogP contribution in [0.3, 0.4) is 0 Å². The Hall–Kier alpha value is -1.10. The van der Waals surface area contributed by atoms with Gasteiger partial charge in [0.1, 0.15) is 5.41 Å². The molecule has 0 amide bonds. The molecule has 2 saturated carbocycles. The van der Waals surface area contributed by atoms with E-state index in [2.05, 4.69) is 67.2 Å². The molecule has 146 valence electrons. The van der Waals surface area contributed by atoms with E-state index < -0.39 is 11.0 Å². The summed E-state index contributed by atoms with van der Waals surface area (Å²) in [6.07, 6.45) is 0. The second-order valence-corrected chi connectivity index (χ2v) is 11.7. The lowest BCUT2D eigenvalue weighted by atomic mass is 9.43. The van der Waals surface area contributed by atoms with Gasteiger partial charge in [0, 0.05) is 5.41 Å². The van der Waals surface area contributed by atoms with Crippen molar-refractivity contribution in [3.05, 3.63) is 0 Å². The predicted molar refractivity (Wildman–Crippen MR) is 97.3 cm³/mol. The van der Waals surface area contributed by atoms with Crippen molar-refractivity contribution >= 4 is 11.9 Å². The van der Waals surface area contributed by atoms with E-state index in [0.717, 1.165) is 0 Å². The number of methoxy groups -OCH3 is 2. The molecule has 0 spiro atoms. The third kappa shape index (κ3) is 0.909. The van der Waals surface area contributed by atoms with Gasteiger partial charge in [-0.2, -0.15) is 0 Å². The van der Waals surface area contributed by atoms with E-state index in [1.54, 1.807) is 0 Å². The number of nitrogens with zero attached hydrogens (tertiary/aromatic N) is 1. The van der Waals surface area contributed by atoms with Crippen LogP contribution >= 0.6 is 0 Å². The van der Waals surface area contributed by atoms with E-state index in [1.165, 1.54) is 14.2 Å². The molecule has 6 unspecified atom stereocenters. The number of rotatable bonds is 2. The predicted octanol–water partition coefficient (Wildman–Crippen LogP) is 3.02. The van der Waals surface area contributed by atoms with Crippen molar-refractivity contribution in [2.24, 2.45) is 27.1 Å². The number of carbonyl (C=O) groups excluding carboxylic acids is 2. The number of piperidine rings is 1. The molecule has 5 rings (SSSR count). The van der Waals surface area contributed by atoms with Gasteiger partial charge in [-0.3, -0.25) is 9.69 Å². The Morgan fingerprint density at radius 3 is 1.42 bits per heavy atom. The second-order valence-electron chi connectivity index (χ2n) is 11.7. The summed E-state index contributed by atoms with van der Waals surface area (Å²) >= 11 is 0. The van der Waals surface area contributed by atoms with Crippen LogP contribution in [0.15, 0.2) is 0 Å². The maximum atomic E-state index is 13.4. The van der Waals surface area contributed by atoms with E-state index in [-0.39, 0.29) is 44.7 Å². The summed E-state index contributed by atoms with van der Waals surface area (Å²) in [6.45, 7) is 19.7. The first kappa shape index (κ1) is 18.3. The quantitative estimate of drug-likeness (QED) is 0.558. The van der Waals surface area contributed by atoms with E-state index in [0.29, 0.717) is 0 Å². The van der Waals surface area contributed by atoms with Crippen LogP contribution in [0.5, 0.6) is 0 Å². The van der Waals surface area contributed by atoms with Crippen LogP contribution < -0.4 is 0 Å². The summed E-state index contributed by atoms with van der Waals surface area (Å²) in [5, 5.41) is 0. The van der Waals surface area contributed by atoms with Gasteiger partial charge in [0.15, 0.2) is 5.54 Å². The molecule has 6 atom stereocenters. The van der Waals surface area contributed by atoms with Crippen molar-refractivity contribution in [1.29, 1.82) is 0 Å². The van der Waals surface area contributed by atoms with Gasteiger partial charge >= 0.3 is 11.9 Å². The minimum Gasteiger partial charge on any atom is -0.468 e. The Bertz CT molecular complexity index is 744. The van der Waals surface area contributed by atoms with Crippen molar-refractivity contribution in [3.63, 3.8) is 0 Å². The van der Waals surface area contributed by atoms with Crippen molar-refractivity contribution < 1.29 is 19.1 Å². The molecule has 5 fully saturated rings. The van der Waals surface area contributed by atoms with Gasteiger partial charge in [0.2, 0.25) is 0 Å². The fourth-order valence-electron chi connectivity index (χ4n) is 9.21. The molecule has 2 aliphatic carbocycles. The van der Waals surface area contributed by atoms with E-state index in [1.807, 2.05) is 0 Å². The summed E-state index contributed by atoms with van der Waals surface area (Å²) in [5.41, 5.74) is -3.22. The fourth-order valence-corrected chi connectivity index (χ4v) is 9.21. The zero-order chi connectivity index (χ0) is 20.1.